The van der Waals surface area contributed by atoms with Gasteiger partial charge in [0, 0.05) is 37.1 Å². The lowest BCUT2D eigenvalue weighted by Gasteiger charge is -2.28. The molecule has 0 aliphatic heterocycles. The number of halogens is 2. The lowest BCUT2D eigenvalue weighted by Crippen LogP contribution is -2.57. The Morgan fingerprint density at radius 1 is 0.872 bits per heavy atom. The predicted molar refractivity (Wildman–Crippen MR) is 178 cm³/mol. The predicted octanol–water partition coefficient (Wildman–Crippen LogP) is 4.28. The van der Waals surface area contributed by atoms with Crippen LogP contribution in [0.5, 0.6) is 0 Å². The zero-order valence-electron chi connectivity index (χ0n) is 27.2. The number of amides is 2. The first-order chi connectivity index (χ1) is 22.4. The van der Waals surface area contributed by atoms with Crippen molar-refractivity contribution in [2.75, 3.05) is 12.3 Å². The summed E-state index contributed by atoms with van der Waals surface area (Å²) in [6, 6.07) is 11.1. The highest BCUT2D eigenvalue weighted by atomic mass is 32.2. The van der Waals surface area contributed by atoms with Crippen LogP contribution in [-0.2, 0) is 34.0 Å². The fourth-order valence-electron chi connectivity index (χ4n) is 5.46. The largest absolute Gasteiger partial charge is 0.390 e. The molecule has 256 valence electrons. The molecule has 1 heterocycles. The van der Waals surface area contributed by atoms with Crippen molar-refractivity contribution >= 4 is 21.7 Å². The fraction of sp³-hybridized carbons (Fsp3) is 0.457. The third kappa shape index (κ3) is 12.1. The van der Waals surface area contributed by atoms with Crippen molar-refractivity contribution in [3.05, 3.63) is 101 Å². The van der Waals surface area contributed by atoms with Crippen LogP contribution in [0.2, 0.25) is 0 Å². The van der Waals surface area contributed by atoms with Crippen molar-refractivity contribution in [3.8, 4) is 0 Å². The van der Waals surface area contributed by atoms with Gasteiger partial charge in [0.1, 0.15) is 17.7 Å². The number of hydrogen-bond acceptors (Lipinski definition) is 7. The summed E-state index contributed by atoms with van der Waals surface area (Å²) in [4.78, 5) is 30.9. The molecule has 0 saturated heterocycles. The van der Waals surface area contributed by atoms with E-state index in [0.717, 1.165) is 35.7 Å². The first-order valence-corrected chi connectivity index (χ1v) is 17.8. The number of benzene rings is 2. The van der Waals surface area contributed by atoms with Gasteiger partial charge in [-0.05, 0) is 66.6 Å². The van der Waals surface area contributed by atoms with Crippen molar-refractivity contribution in [2.45, 2.75) is 89.3 Å². The van der Waals surface area contributed by atoms with E-state index in [-0.39, 0.29) is 24.1 Å². The Hall–Kier alpha value is -3.74. The molecule has 0 fully saturated rings. The van der Waals surface area contributed by atoms with Gasteiger partial charge in [0.05, 0.1) is 23.1 Å². The first-order valence-electron chi connectivity index (χ1n) is 16.1. The average Bonchev–Trinajstić information content (AvgIpc) is 3.03. The number of rotatable bonds is 19. The summed E-state index contributed by atoms with van der Waals surface area (Å²) in [5.74, 6) is -3.83. The molecule has 0 aliphatic rings. The molecule has 3 rings (SSSR count). The van der Waals surface area contributed by atoms with Crippen LogP contribution in [0.4, 0.5) is 8.78 Å². The minimum Gasteiger partial charge on any atom is -0.390 e. The zero-order valence-corrected chi connectivity index (χ0v) is 28.0. The molecule has 0 aliphatic carbocycles. The van der Waals surface area contributed by atoms with Gasteiger partial charge < -0.3 is 21.1 Å². The Morgan fingerprint density at radius 2 is 1.51 bits per heavy atom. The molecule has 0 spiro atoms. The second-order valence-corrected chi connectivity index (χ2v) is 14.1. The van der Waals surface area contributed by atoms with Gasteiger partial charge in [0.25, 0.3) is 5.91 Å². The molecule has 2 amide bonds. The van der Waals surface area contributed by atoms with E-state index in [1.165, 1.54) is 24.5 Å². The highest BCUT2D eigenvalue weighted by Gasteiger charge is 2.34. The maximum Gasteiger partial charge on any atom is 0.252 e. The van der Waals surface area contributed by atoms with E-state index < -0.39 is 62.5 Å². The molecule has 1 aromatic heterocycles. The zero-order chi connectivity index (χ0) is 34.4. The molecule has 0 radical (unpaired) electrons. The maximum atomic E-state index is 14.1. The molecule has 3 aromatic rings. The van der Waals surface area contributed by atoms with Crippen molar-refractivity contribution in [1.82, 2.24) is 20.9 Å². The van der Waals surface area contributed by atoms with E-state index in [9.17, 15) is 31.9 Å². The number of aliphatic hydroxyl groups is 1. The first kappa shape index (κ1) is 37.7. The third-order valence-electron chi connectivity index (χ3n) is 7.94. The third-order valence-corrected chi connectivity index (χ3v) is 10.2. The summed E-state index contributed by atoms with van der Waals surface area (Å²) in [7, 11) is -3.86. The second kappa shape index (κ2) is 18.6. The van der Waals surface area contributed by atoms with Crippen LogP contribution in [0.3, 0.4) is 0 Å². The number of aliphatic hydroxyl groups excluding tert-OH is 1. The Morgan fingerprint density at radius 3 is 2.13 bits per heavy atom. The topological polar surface area (TPSA) is 137 Å². The lowest BCUT2D eigenvalue weighted by molar-refractivity contribution is -0.124. The van der Waals surface area contributed by atoms with Gasteiger partial charge in [-0.2, -0.15) is 0 Å². The van der Waals surface area contributed by atoms with Crippen LogP contribution in [0.15, 0.2) is 67.0 Å². The summed E-state index contributed by atoms with van der Waals surface area (Å²) in [6.45, 7) is 6.22. The Bertz CT molecular complexity index is 1530. The smallest absolute Gasteiger partial charge is 0.252 e. The van der Waals surface area contributed by atoms with E-state index in [0.29, 0.717) is 32.2 Å². The summed E-state index contributed by atoms with van der Waals surface area (Å²) >= 11 is 0. The van der Waals surface area contributed by atoms with Crippen LogP contribution in [0.25, 0.3) is 0 Å². The van der Waals surface area contributed by atoms with Gasteiger partial charge in [-0.25, -0.2) is 17.2 Å². The minimum absolute atomic E-state index is 0.000507. The molecule has 0 saturated carbocycles. The number of carbonyl (C=O) groups excluding carboxylic acids is 2. The van der Waals surface area contributed by atoms with Crippen LogP contribution in [-0.4, -0.2) is 66.1 Å². The summed E-state index contributed by atoms with van der Waals surface area (Å²) in [5, 5.41) is 19.0. The quantitative estimate of drug-likeness (QED) is 0.149. The molecule has 3 atom stereocenters. The van der Waals surface area contributed by atoms with Crippen molar-refractivity contribution in [1.29, 1.82) is 0 Å². The van der Waals surface area contributed by atoms with E-state index in [1.807, 2.05) is 45.0 Å². The van der Waals surface area contributed by atoms with E-state index in [1.54, 1.807) is 0 Å². The molecule has 4 N–H and O–H groups in total. The van der Waals surface area contributed by atoms with E-state index >= 15 is 0 Å². The molecule has 1 unspecified atom stereocenters. The summed E-state index contributed by atoms with van der Waals surface area (Å²) in [5.41, 5.74) is 2.50. The highest BCUT2D eigenvalue weighted by molar-refractivity contribution is 7.92. The van der Waals surface area contributed by atoms with Crippen molar-refractivity contribution < 1.29 is 31.9 Å². The van der Waals surface area contributed by atoms with Crippen LogP contribution in [0, 0.1) is 11.6 Å². The molecule has 9 nitrogen and oxygen atoms in total. The van der Waals surface area contributed by atoms with Gasteiger partial charge in [-0.1, -0.05) is 57.9 Å². The number of sulfone groups is 1. The van der Waals surface area contributed by atoms with Crippen molar-refractivity contribution in [2.24, 2.45) is 0 Å². The maximum absolute atomic E-state index is 14.1. The highest BCUT2D eigenvalue weighted by Crippen LogP contribution is 2.18. The van der Waals surface area contributed by atoms with Gasteiger partial charge in [0.2, 0.25) is 5.91 Å². The van der Waals surface area contributed by atoms with Gasteiger partial charge >= 0.3 is 0 Å². The Labute approximate surface area is 276 Å². The number of nitrogens with zero attached hydrogens (tertiary/aromatic N) is 1. The fourth-order valence-corrected chi connectivity index (χ4v) is 7.62. The van der Waals surface area contributed by atoms with Crippen LogP contribution >= 0.6 is 0 Å². The minimum atomic E-state index is -3.86. The molecule has 2 aromatic carbocycles. The van der Waals surface area contributed by atoms with Gasteiger partial charge in [0.15, 0.2) is 9.84 Å². The monoisotopic (exact) mass is 672 g/mol. The number of aromatic nitrogens is 1. The van der Waals surface area contributed by atoms with E-state index in [4.69, 9.17) is 0 Å². The molecular formula is C35H46F2N4O5S. The molecular weight excluding hydrogens is 626 g/mol. The summed E-state index contributed by atoms with van der Waals surface area (Å²) in [6.07, 6.45) is 4.30. The second-order valence-electron chi connectivity index (χ2n) is 11.8. The normalized spacial score (nSPS) is 13.6. The van der Waals surface area contributed by atoms with Gasteiger partial charge in [-0.3, -0.25) is 14.6 Å². The van der Waals surface area contributed by atoms with Crippen LogP contribution < -0.4 is 16.0 Å². The number of carbonyl (C=O) groups is 2. The van der Waals surface area contributed by atoms with Crippen molar-refractivity contribution in [3.63, 3.8) is 0 Å². The molecule has 12 heteroatoms. The molecule has 47 heavy (non-hydrogen) atoms. The van der Waals surface area contributed by atoms with Crippen LogP contribution in [0.1, 0.15) is 73.5 Å². The molecule has 0 bridgehead atoms. The lowest BCUT2D eigenvalue weighted by atomic mass is 10.00. The number of aryl methyl sites for hydroxylation is 1. The Balaban J connectivity index is 1.87. The SMILES string of the molecule is CCCC(CCC)S(=O)(=O)CC(NC(=O)c1ccncc1)C(=O)N[C@@H](Cc1cc(F)cc(F)c1)[C@H](O)CNCc1cccc(CC)c1. The standard InChI is InChI=1S/C35H46F2N4O5S/c1-4-8-30(9-5-2)47(45,46)23-32(41-34(43)27-12-14-38-15-13-27)35(44)40-31(19-26-17-28(36)20-29(37)18-26)33(42)22-39-21-25-11-7-10-24(6-3)16-25/h7,10-18,20,30-33,39,42H,4-6,8-9,19,21-23H2,1-3H3,(H,40,44)(H,41,43)/t31-,32?,33+/m0/s1. The average molecular weight is 673 g/mol. The van der Waals surface area contributed by atoms with Gasteiger partial charge in [-0.15, -0.1) is 0 Å². The Kier molecular flexibility index (Phi) is 14.9. The van der Waals surface area contributed by atoms with E-state index in [2.05, 4.69) is 20.9 Å². The summed E-state index contributed by atoms with van der Waals surface area (Å²) < 4.78 is 55.3. The number of pyridine rings is 1. The number of hydrogen-bond donors (Lipinski definition) is 4. The number of nitrogens with one attached hydrogen (secondary N) is 3.